The van der Waals surface area contributed by atoms with Crippen LogP contribution in [0.4, 0.5) is 11.6 Å². The van der Waals surface area contributed by atoms with Crippen LogP contribution in [0.15, 0.2) is 43.0 Å². The van der Waals surface area contributed by atoms with E-state index >= 15 is 0 Å². The number of halogens is 1. The summed E-state index contributed by atoms with van der Waals surface area (Å²) in [6.07, 6.45) is 1.72. The van der Waals surface area contributed by atoms with Gasteiger partial charge in [-0.1, -0.05) is 23.7 Å². The standard InChI is InChI=1S/C19H22ClN5O/c1-3-7-21-19-22-14(2)12-17(23-19)18(26)25-10-8-24(9-11-25)16-6-4-5-15(20)13-16/h3-6,12-13H,1,7-11H2,2H3,(H,21,22,23). The number of piperazine rings is 1. The van der Waals surface area contributed by atoms with Crippen molar-refractivity contribution in [2.45, 2.75) is 6.92 Å². The smallest absolute Gasteiger partial charge is 0.272 e. The second kappa shape index (κ2) is 8.19. The molecule has 1 amide bonds. The Morgan fingerprint density at radius 1 is 1.27 bits per heavy atom. The summed E-state index contributed by atoms with van der Waals surface area (Å²) in [6, 6.07) is 9.51. The van der Waals surface area contributed by atoms with Gasteiger partial charge in [0.15, 0.2) is 0 Å². The Morgan fingerprint density at radius 2 is 2.04 bits per heavy atom. The minimum atomic E-state index is -0.0668. The molecule has 0 atom stereocenters. The van der Waals surface area contributed by atoms with Crippen molar-refractivity contribution < 1.29 is 4.79 Å². The predicted molar refractivity (Wildman–Crippen MR) is 105 cm³/mol. The number of benzene rings is 1. The van der Waals surface area contributed by atoms with Gasteiger partial charge in [0.2, 0.25) is 5.95 Å². The molecule has 0 radical (unpaired) electrons. The molecule has 1 aliphatic heterocycles. The van der Waals surface area contributed by atoms with Crippen LogP contribution in [-0.4, -0.2) is 53.5 Å². The topological polar surface area (TPSA) is 61.4 Å². The van der Waals surface area contributed by atoms with Crippen LogP contribution >= 0.6 is 11.6 Å². The normalized spacial score (nSPS) is 14.2. The highest BCUT2D eigenvalue weighted by Gasteiger charge is 2.24. The number of anilines is 2. The molecule has 3 rings (SSSR count). The van der Waals surface area contributed by atoms with Crippen LogP contribution < -0.4 is 10.2 Å². The maximum atomic E-state index is 12.8. The molecule has 6 nitrogen and oxygen atoms in total. The summed E-state index contributed by atoms with van der Waals surface area (Å²) >= 11 is 6.07. The first-order valence-corrected chi connectivity index (χ1v) is 8.95. The minimum absolute atomic E-state index is 0.0668. The van der Waals surface area contributed by atoms with Gasteiger partial charge in [-0.15, -0.1) is 6.58 Å². The second-order valence-electron chi connectivity index (χ2n) is 6.15. The molecule has 1 aromatic carbocycles. The van der Waals surface area contributed by atoms with Crippen molar-refractivity contribution in [3.8, 4) is 0 Å². The Labute approximate surface area is 158 Å². The van der Waals surface area contributed by atoms with Gasteiger partial charge in [-0.2, -0.15) is 0 Å². The van der Waals surface area contributed by atoms with Crippen molar-refractivity contribution in [3.63, 3.8) is 0 Å². The van der Waals surface area contributed by atoms with Crippen molar-refractivity contribution >= 4 is 29.1 Å². The first-order chi connectivity index (χ1) is 12.6. The van der Waals surface area contributed by atoms with E-state index in [9.17, 15) is 4.79 Å². The lowest BCUT2D eigenvalue weighted by Crippen LogP contribution is -2.49. The molecule has 0 bridgehead atoms. The predicted octanol–water partition coefficient (Wildman–Crippen LogP) is 3.00. The monoisotopic (exact) mass is 371 g/mol. The van der Waals surface area contributed by atoms with Gasteiger partial charge in [0.05, 0.1) is 0 Å². The maximum Gasteiger partial charge on any atom is 0.272 e. The SMILES string of the molecule is C=CCNc1nc(C)cc(C(=O)N2CCN(c3cccc(Cl)c3)CC2)n1. The first kappa shape index (κ1) is 18.2. The van der Waals surface area contributed by atoms with Gasteiger partial charge in [0.1, 0.15) is 5.69 Å². The Bertz CT molecular complexity index is 802. The van der Waals surface area contributed by atoms with Crippen LogP contribution in [0.3, 0.4) is 0 Å². The van der Waals surface area contributed by atoms with Gasteiger partial charge < -0.3 is 15.1 Å². The number of hydrogen-bond acceptors (Lipinski definition) is 5. The highest BCUT2D eigenvalue weighted by atomic mass is 35.5. The molecule has 0 saturated carbocycles. The number of nitrogens with zero attached hydrogens (tertiary/aromatic N) is 4. The molecule has 2 heterocycles. The molecule has 1 aromatic heterocycles. The van der Waals surface area contributed by atoms with Gasteiger partial charge in [-0.25, -0.2) is 9.97 Å². The third kappa shape index (κ3) is 4.32. The van der Waals surface area contributed by atoms with Gasteiger partial charge in [0, 0.05) is 49.1 Å². The number of amides is 1. The largest absolute Gasteiger partial charge is 0.368 e. The number of carbonyl (C=O) groups is 1. The number of aromatic nitrogens is 2. The van der Waals surface area contributed by atoms with E-state index in [1.54, 1.807) is 12.1 Å². The van der Waals surface area contributed by atoms with Gasteiger partial charge in [-0.3, -0.25) is 4.79 Å². The quantitative estimate of drug-likeness (QED) is 0.819. The van der Waals surface area contributed by atoms with E-state index in [1.165, 1.54) is 0 Å². The molecule has 7 heteroatoms. The number of rotatable bonds is 5. The summed E-state index contributed by atoms with van der Waals surface area (Å²) in [5, 5.41) is 3.75. The van der Waals surface area contributed by atoms with Crippen molar-refractivity contribution in [1.82, 2.24) is 14.9 Å². The summed E-state index contributed by atoms with van der Waals surface area (Å²) < 4.78 is 0. The fourth-order valence-corrected chi connectivity index (χ4v) is 3.11. The zero-order chi connectivity index (χ0) is 18.5. The molecule has 1 N–H and O–H groups in total. The molecular weight excluding hydrogens is 350 g/mol. The summed E-state index contributed by atoms with van der Waals surface area (Å²) in [5.41, 5.74) is 2.26. The summed E-state index contributed by atoms with van der Waals surface area (Å²) in [6.45, 7) is 8.88. The summed E-state index contributed by atoms with van der Waals surface area (Å²) in [4.78, 5) is 25.5. The maximum absolute atomic E-state index is 12.8. The summed E-state index contributed by atoms with van der Waals surface area (Å²) in [7, 11) is 0. The van der Waals surface area contributed by atoms with Gasteiger partial charge in [0.25, 0.3) is 5.91 Å². The summed E-state index contributed by atoms with van der Waals surface area (Å²) in [5.74, 6) is 0.383. The van der Waals surface area contributed by atoms with E-state index in [-0.39, 0.29) is 5.91 Å². The molecule has 1 aliphatic rings. The van der Waals surface area contributed by atoms with Crippen LogP contribution in [0.5, 0.6) is 0 Å². The fraction of sp³-hybridized carbons (Fsp3) is 0.316. The van der Waals surface area contributed by atoms with Crippen LogP contribution in [-0.2, 0) is 0 Å². The van der Waals surface area contributed by atoms with E-state index in [4.69, 9.17) is 11.6 Å². The zero-order valence-electron chi connectivity index (χ0n) is 14.8. The number of hydrogen-bond donors (Lipinski definition) is 1. The van der Waals surface area contributed by atoms with Gasteiger partial charge in [-0.05, 0) is 31.2 Å². The average molecular weight is 372 g/mol. The average Bonchev–Trinajstić information content (AvgIpc) is 2.65. The molecule has 0 unspecified atom stereocenters. The number of aryl methyl sites for hydroxylation is 1. The highest BCUT2D eigenvalue weighted by Crippen LogP contribution is 2.21. The van der Waals surface area contributed by atoms with E-state index in [2.05, 4.69) is 26.8 Å². The van der Waals surface area contributed by atoms with Crippen LogP contribution in [0, 0.1) is 6.92 Å². The molecule has 1 saturated heterocycles. The van der Waals surface area contributed by atoms with Gasteiger partial charge >= 0.3 is 0 Å². The lowest BCUT2D eigenvalue weighted by Gasteiger charge is -2.36. The van der Waals surface area contributed by atoms with Crippen molar-refractivity contribution in [2.75, 3.05) is 42.9 Å². The molecule has 1 fully saturated rings. The molecular formula is C19H22ClN5O. The fourth-order valence-electron chi connectivity index (χ4n) is 2.92. The Hall–Kier alpha value is -2.60. The molecule has 2 aromatic rings. The van der Waals surface area contributed by atoms with Crippen molar-refractivity contribution in [3.05, 3.63) is 59.4 Å². The number of nitrogens with one attached hydrogen (secondary N) is 1. The molecule has 136 valence electrons. The lowest BCUT2D eigenvalue weighted by atomic mass is 10.2. The first-order valence-electron chi connectivity index (χ1n) is 8.57. The Morgan fingerprint density at radius 3 is 2.73 bits per heavy atom. The third-order valence-corrected chi connectivity index (χ3v) is 4.45. The van der Waals surface area contributed by atoms with E-state index < -0.39 is 0 Å². The number of carbonyl (C=O) groups excluding carboxylic acids is 1. The van der Waals surface area contributed by atoms with Crippen LogP contribution in [0.2, 0.25) is 5.02 Å². The molecule has 0 spiro atoms. The van der Waals surface area contributed by atoms with E-state index in [0.717, 1.165) is 29.5 Å². The second-order valence-corrected chi connectivity index (χ2v) is 6.58. The van der Waals surface area contributed by atoms with Crippen LogP contribution in [0.1, 0.15) is 16.2 Å². The Kier molecular flexibility index (Phi) is 5.73. The zero-order valence-corrected chi connectivity index (χ0v) is 15.5. The van der Waals surface area contributed by atoms with Crippen molar-refractivity contribution in [1.29, 1.82) is 0 Å². The highest BCUT2D eigenvalue weighted by molar-refractivity contribution is 6.30. The van der Waals surface area contributed by atoms with Crippen LogP contribution in [0.25, 0.3) is 0 Å². The third-order valence-electron chi connectivity index (χ3n) is 4.22. The van der Waals surface area contributed by atoms with E-state index in [1.807, 2.05) is 36.1 Å². The Balaban J connectivity index is 1.66. The molecule has 0 aliphatic carbocycles. The lowest BCUT2D eigenvalue weighted by molar-refractivity contribution is 0.0740. The minimum Gasteiger partial charge on any atom is -0.368 e. The van der Waals surface area contributed by atoms with E-state index in [0.29, 0.717) is 31.3 Å². The molecule has 26 heavy (non-hydrogen) atoms. The van der Waals surface area contributed by atoms with Crippen molar-refractivity contribution in [2.24, 2.45) is 0 Å².